The molecule has 0 bridgehead atoms. The summed E-state index contributed by atoms with van der Waals surface area (Å²) < 4.78 is 11.2. The Kier molecular flexibility index (Phi) is 2.74. The number of ether oxygens (including phenoxy) is 1. The quantitative estimate of drug-likeness (QED) is 0.809. The monoisotopic (exact) mass is 229 g/mol. The summed E-state index contributed by atoms with van der Waals surface area (Å²) in [4.78, 5) is 4.98. The highest BCUT2D eigenvalue weighted by Crippen LogP contribution is 2.31. The average molecular weight is 230 g/mol. The Bertz CT molecular complexity index is 424. The van der Waals surface area contributed by atoms with Crippen LogP contribution in [0.2, 0.25) is 4.34 Å². The second-order valence-corrected chi connectivity index (χ2v) is 4.24. The minimum Gasteiger partial charge on any atom is -0.464 e. The molecule has 0 N–H and O–H groups in total. The van der Waals surface area contributed by atoms with E-state index in [0.717, 1.165) is 9.21 Å². The molecule has 0 radical (unpaired) electrons. The normalized spacial score (nSPS) is 10.4. The molecule has 0 saturated carbocycles. The molecule has 0 atom stereocenters. The van der Waals surface area contributed by atoms with Crippen molar-refractivity contribution in [2.24, 2.45) is 0 Å². The first-order valence-electron chi connectivity index (χ1n) is 4.14. The van der Waals surface area contributed by atoms with Gasteiger partial charge in [0.05, 0.1) is 15.8 Å². The van der Waals surface area contributed by atoms with Crippen molar-refractivity contribution in [2.45, 2.75) is 6.92 Å². The molecule has 0 fully saturated rings. The van der Waals surface area contributed by atoms with Gasteiger partial charge < -0.3 is 9.15 Å². The molecule has 0 unspecified atom stereocenters. The Morgan fingerprint density at radius 3 is 3.07 bits per heavy atom. The minimum absolute atomic E-state index is 0.437. The van der Waals surface area contributed by atoms with Crippen molar-refractivity contribution >= 4 is 22.9 Å². The third-order valence-electron chi connectivity index (χ3n) is 1.56. The lowest BCUT2D eigenvalue weighted by atomic mass is 10.5. The third-order valence-corrected chi connectivity index (χ3v) is 2.77. The predicted octanol–water partition coefficient (Wildman–Crippen LogP) is 3.46. The Balaban J connectivity index is 2.24. The summed E-state index contributed by atoms with van der Waals surface area (Å²) in [6.07, 6.45) is 1.56. The van der Waals surface area contributed by atoms with Crippen molar-refractivity contribution in [3.63, 3.8) is 0 Å². The molecular formula is C9H8ClNO2S. The second kappa shape index (κ2) is 4.02. The maximum absolute atomic E-state index is 5.80. The number of aromatic nitrogens is 1. The summed E-state index contributed by atoms with van der Waals surface area (Å²) in [5.74, 6) is 0.984. The van der Waals surface area contributed by atoms with Gasteiger partial charge in [-0.05, 0) is 19.1 Å². The Labute approximate surface area is 90.3 Å². The molecule has 2 heterocycles. The van der Waals surface area contributed by atoms with Gasteiger partial charge in [0.2, 0.25) is 5.89 Å². The lowest BCUT2D eigenvalue weighted by molar-refractivity contribution is 0.260. The Hall–Kier alpha value is -1.00. The van der Waals surface area contributed by atoms with E-state index in [1.54, 1.807) is 6.20 Å². The van der Waals surface area contributed by atoms with E-state index in [9.17, 15) is 0 Å². The minimum atomic E-state index is 0.437. The standard InChI is InChI=1S/C9H8ClNO2S/c1-2-12-8-5-11-9(13-8)6-3-4-7(10)14-6/h3-5H,2H2,1H3. The highest BCUT2D eigenvalue weighted by atomic mass is 35.5. The first-order chi connectivity index (χ1) is 6.79. The number of rotatable bonds is 3. The maximum atomic E-state index is 5.80. The summed E-state index contributed by atoms with van der Waals surface area (Å²) >= 11 is 7.22. The van der Waals surface area contributed by atoms with Gasteiger partial charge in [-0.25, -0.2) is 4.98 Å². The molecule has 14 heavy (non-hydrogen) atoms. The van der Waals surface area contributed by atoms with E-state index in [2.05, 4.69) is 4.98 Å². The van der Waals surface area contributed by atoms with E-state index in [0.29, 0.717) is 18.4 Å². The summed E-state index contributed by atoms with van der Waals surface area (Å²) in [6.45, 7) is 2.46. The van der Waals surface area contributed by atoms with Crippen LogP contribution in [-0.2, 0) is 0 Å². The molecule has 0 aliphatic heterocycles. The fourth-order valence-electron chi connectivity index (χ4n) is 1.01. The van der Waals surface area contributed by atoms with Crippen LogP contribution in [0.15, 0.2) is 22.7 Å². The van der Waals surface area contributed by atoms with Gasteiger partial charge in [-0.1, -0.05) is 11.6 Å². The molecule has 0 spiro atoms. The van der Waals surface area contributed by atoms with E-state index in [-0.39, 0.29) is 0 Å². The zero-order valence-corrected chi connectivity index (χ0v) is 9.06. The molecule has 74 valence electrons. The third kappa shape index (κ3) is 1.91. The second-order valence-electron chi connectivity index (χ2n) is 2.52. The van der Waals surface area contributed by atoms with Gasteiger partial charge in [0.25, 0.3) is 0 Å². The molecule has 2 aromatic rings. The van der Waals surface area contributed by atoms with Crippen molar-refractivity contribution in [3.8, 4) is 16.7 Å². The van der Waals surface area contributed by atoms with E-state index in [4.69, 9.17) is 20.8 Å². The van der Waals surface area contributed by atoms with Crippen LogP contribution in [0, 0.1) is 0 Å². The van der Waals surface area contributed by atoms with Crippen LogP contribution in [-0.4, -0.2) is 11.6 Å². The van der Waals surface area contributed by atoms with Crippen LogP contribution in [0.4, 0.5) is 0 Å². The van der Waals surface area contributed by atoms with Crippen molar-refractivity contribution in [1.82, 2.24) is 4.98 Å². The fourth-order valence-corrected chi connectivity index (χ4v) is 1.99. The maximum Gasteiger partial charge on any atom is 0.305 e. The van der Waals surface area contributed by atoms with Gasteiger partial charge >= 0.3 is 5.95 Å². The van der Waals surface area contributed by atoms with E-state index in [1.165, 1.54) is 11.3 Å². The summed E-state index contributed by atoms with van der Waals surface area (Å²) in [5.41, 5.74) is 0. The summed E-state index contributed by atoms with van der Waals surface area (Å²) in [5, 5.41) is 0. The van der Waals surface area contributed by atoms with Gasteiger partial charge in [-0.2, -0.15) is 0 Å². The van der Waals surface area contributed by atoms with Gasteiger partial charge in [0.15, 0.2) is 0 Å². The number of thiophene rings is 1. The Morgan fingerprint density at radius 2 is 2.43 bits per heavy atom. The number of nitrogens with zero attached hydrogens (tertiary/aromatic N) is 1. The number of hydrogen-bond acceptors (Lipinski definition) is 4. The number of halogens is 1. The smallest absolute Gasteiger partial charge is 0.305 e. The van der Waals surface area contributed by atoms with Crippen molar-refractivity contribution in [3.05, 3.63) is 22.7 Å². The van der Waals surface area contributed by atoms with Gasteiger partial charge in [-0.15, -0.1) is 11.3 Å². The molecule has 2 rings (SSSR count). The number of hydrogen-bond donors (Lipinski definition) is 0. The zero-order chi connectivity index (χ0) is 9.97. The highest BCUT2D eigenvalue weighted by Gasteiger charge is 2.08. The van der Waals surface area contributed by atoms with Crippen LogP contribution in [0.5, 0.6) is 5.95 Å². The van der Waals surface area contributed by atoms with E-state index < -0.39 is 0 Å². The van der Waals surface area contributed by atoms with Crippen molar-refractivity contribution in [2.75, 3.05) is 6.61 Å². The van der Waals surface area contributed by atoms with Crippen molar-refractivity contribution < 1.29 is 9.15 Å². The molecule has 0 aliphatic carbocycles. The molecule has 0 aromatic carbocycles. The lowest BCUT2D eigenvalue weighted by Crippen LogP contribution is -1.87. The van der Waals surface area contributed by atoms with E-state index >= 15 is 0 Å². The number of oxazole rings is 1. The summed E-state index contributed by atoms with van der Waals surface area (Å²) in [7, 11) is 0. The fraction of sp³-hybridized carbons (Fsp3) is 0.222. The average Bonchev–Trinajstić information content (AvgIpc) is 2.74. The largest absolute Gasteiger partial charge is 0.464 e. The predicted molar refractivity (Wildman–Crippen MR) is 56.0 cm³/mol. The van der Waals surface area contributed by atoms with E-state index in [1.807, 2.05) is 19.1 Å². The highest BCUT2D eigenvalue weighted by molar-refractivity contribution is 7.19. The molecular weight excluding hydrogens is 222 g/mol. The van der Waals surface area contributed by atoms with Crippen LogP contribution in [0.1, 0.15) is 6.92 Å². The van der Waals surface area contributed by atoms with Crippen LogP contribution >= 0.6 is 22.9 Å². The molecule has 0 aliphatic rings. The molecule has 3 nitrogen and oxygen atoms in total. The lowest BCUT2D eigenvalue weighted by Gasteiger charge is -1.93. The zero-order valence-electron chi connectivity index (χ0n) is 7.49. The van der Waals surface area contributed by atoms with Crippen LogP contribution in [0.25, 0.3) is 10.8 Å². The SMILES string of the molecule is CCOc1cnc(-c2ccc(Cl)s2)o1. The van der Waals surface area contributed by atoms with Crippen molar-refractivity contribution in [1.29, 1.82) is 0 Å². The molecule has 0 saturated heterocycles. The first kappa shape index (κ1) is 9.55. The van der Waals surface area contributed by atoms with Crippen LogP contribution in [0.3, 0.4) is 0 Å². The molecule has 5 heteroatoms. The molecule has 2 aromatic heterocycles. The Morgan fingerprint density at radius 1 is 1.57 bits per heavy atom. The van der Waals surface area contributed by atoms with Gasteiger partial charge in [0.1, 0.15) is 6.20 Å². The molecule has 0 amide bonds. The van der Waals surface area contributed by atoms with Gasteiger partial charge in [0, 0.05) is 0 Å². The topological polar surface area (TPSA) is 35.3 Å². The summed E-state index contributed by atoms with van der Waals surface area (Å²) in [6, 6.07) is 3.68. The first-order valence-corrected chi connectivity index (χ1v) is 5.33. The van der Waals surface area contributed by atoms with Crippen LogP contribution < -0.4 is 4.74 Å². The van der Waals surface area contributed by atoms with Gasteiger partial charge in [-0.3, -0.25) is 0 Å².